The van der Waals surface area contributed by atoms with E-state index in [2.05, 4.69) is 11.1 Å². The Morgan fingerprint density at radius 2 is 2.00 bits per heavy atom. The van der Waals surface area contributed by atoms with Gasteiger partial charge in [-0.1, -0.05) is 29.8 Å². The summed E-state index contributed by atoms with van der Waals surface area (Å²) in [4.78, 5) is 35.5. The first-order valence-corrected chi connectivity index (χ1v) is 11.8. The minimum atomic E-state index is -0.299. The maximum atomic E-state index is 13.2. The number of piperazine rings is 1. The van der Waals surface area contributed by atoms with Crippen molar-refractivity contribution in [3.05, 3.63) is 82.9 Å². The van der Waals surface area contributed by atoms with Gasteiger partial charge in [-0.05, 0) is 42.8 Å². The van der Waals surface area contributed by atoms with Crippen LogP contribution < -0.4 is 4.90 Å². The average Bonchev–Trinajstić information content (AvgIpc) is 3.27. The van der Waals surface area contributed by atoms with Gasteiger partial charge in [0.15, 0.2) is 0 Å². The van der Waals surface area contributed by atoms with Gasteiger partial charge in [0.25, 0.3) is 0 Å². The Labute approximate surface area is 209 Å². The first-order chi connectivity index (χ1) is 16.9. The van der Waals surface area contributed by atoms with Gasteiger partial charge in [-0.25, -0.2) is 4.98 Å². The molecular formula is C26H27ClN6O2. The normalized spacial score (nSPS) is 16.2. The molecular weight excluding hydrogens is 464 g/mol. The molecule has 2 aromatic carbocycles. The number of anilines is 1. The molecule has 35 heavy (non-hydrogen) atoms. The van der Waals surface area contributed by atoms with Crippen LogP contribution in [0, 0.1) is 11.3 Å². The molecule has 0 bridgehead atoms. The van der Waals surface area contributed by atoms with E-state index < -0.39 is 0 Å². The summed E-state index contributed by atoms with van der Waals surface area (Å²) in [5.41, 5.74) is 3.31. The molecule has 3 aromatic rings. The number of halogens is 1. The lowest BCUT2D eigenvalue weighted by Crippen LogP contribution is -2.63. The number of hydrogen-bond donors (Lipinski definition) is 0. The standard InChI is InChI=1S/C26H27ClN6O2/c1-3-32(19(2)34)25-16-33(23-6-4-5-22(27)11-23)26(35)17-30(25)15-24-13-29-18-31(24)14-21-9-7-20(12-28)8-10-21/h4-11,13,18,25H,3,14-17H2,1-2H3/t25-/m0/s1. The molecule has 1 saturated heterocycles. The molecule has 4 rings (SSSR count). The molecule has 1 aliphatic rings. The molecule has 2 amide bonds. The molecule has 8 nitrogen and oxygen atoms in total. The number of rotatable bonds is 7. The molecule has 1 fully saturated rings. The van der Waals surface area contributed by atoms with Crippen LogP contribution in [0.1, 0.15) is 30.7 Å². The van der Waals surface area contributed by atoms with E-state index in [0.29, 0.717) is 36.8 Å². The van der Waals surface area contributed by atoms with Gasteiger partial charge in [0.2, 0.25) is 11.8 Å². The number of hydrogen-bond acceptors (Lipinski definition) is 5. The van der Waals surface area contributed by atoms with E-state index in [9.17, 15) is 9.59 Å². The maximum Gasteiger partial charge on any atom is 0.241 e. The lowest BCUT2D eigenvalue weighted by molar-refractivity contribution is -0.140. The van der Waals surface area contributed by atoms with Gasteiger partial charge in [0.05, 0.1) is 36.7 Å². The third-order valence-corrected chi connectivity index (χ3v) is 6.47. The lowest BCUT2D eigenvalue weighted by Gasteiger charge is -2.45. The van der Waals surface area contributed by atoms with Crippen LogP contribution in [-0.2, 0) is 22.7 Å². The Kier molecular flexibility index (Phi) is 7.49. The van der Waals surface area contributed by atoms with Gasteiger partial charge >= 0.3 is 0 Å². The zero-order valence-corrected chi connectivity index (χ0v) is 20.5. The fourth-order valence-corrected chi connectivity index (χ4v) is 4.63. The van der Waals surface area contributed by atoms with Crippen LogP contribution in [0.4, 0.5) is 5.69 Å². The second-order valence-corrected chi connectivity index (χ2v) is 8.93. The number of nitrogens with zero attached hydrogens (tertiary/aromatic N) is 6. The second kappa shape index (κ2) is 10.7. The van der Waals surface area contributed by atoms with Crippen molar-refractivity contribution in [2.45, 2.75) is 33.1 Å². The largest absolute Gasteiger partial charge is 0.329 e. The van der Waals surface area contributed by atoms with Crippen LogP contribution in [-0.4, -0.2) is 57.0 Å². The third-order valence-electron chi connectivity index (χ3n) is 6.23. The van der Waals surface area contributed by atoms with E-state index in [4.69, 9.17) is 16.9 Å². The first kappa shape index (κ1) is 24.5. The summed E-state index contributed by atoms with van der Waals surface area (Å²) in [6.07, 6.45) is 3.25. The number of carbonyl (C=O) groups excluding carboxylic acids is 2. The average molecular weight is 491 g/mol. The van der Waals surface area contributed by atoms with Crippen molar-refractivity contribution in [3.63, 3.8) is 0 Å². The highest BCUT2D eigenvalue weighted by Gasteiger charge is 2.37. The Morgan fingerprint density at radius 1 is 1.23 bits per heavy atom. The number of nitriles is 1. The highest BCUT2D eigenvalue weighted by molar-refractivity contribution is 6.30. The lowest BCUT2D eigenvalue weighted by atomic mass is 10.1. The molecule has 0 radical (unpaired) electrons. The molecule has 0 saturated carbocycles. The monoisotopic (exact) mass is 490 g/mol. The maximum absolute atomic E-state index is 13.2. The molecule has 1 aliphatic heterocycles. The first-order valence-electron chi connectivity index (χ1n) is 11.4. The van der Waals surface area contributed by atoms with E-state index in [1.165, 1.54) is 0 Å². The predicted octanol–water partition coefficient (Wildman–Crippen LogP) is 3.50. The smallest absolute Gasteiger partial charge is 0.241 e. The number of carbonyl (C=O) groups is 2. The van der Waals surface area contributed by atoms with Crippen molar-refractivity contribution < 1.29 is 9.59 Å². The van der Waals surface area contributed by atoms with Gasteiger partial charge in [-0.15, -0.1) is 0 Å². The van der Waals surface area contributed by atoms with Crippen LogP contribution >= 0.6 is 11.6 Å². The van der Waals surface area contributed by atoms with Crippen molar-refractivity contribution in [2.75, 3.05) is 24.5 Å². The molecule has 0 unspecified atom stereocenters. The SMILES string of the molecule is CCN(C(C)=O)[C@H]1CN(c2cccc(Cl)c2)C(=O)CN1Cc1cncn1Cc1ccc(C#N)cc1. The number of likely N-dealkylation sites (N-methyl/N-ethyl adjacent to an activating group) is 1. The van der Waals surface area contributed by atoms with Gasteiger partial charge in [0.1, 0.15) is 6.17 Å². The third kappa shape index (κ3) is 5.53. The number of benzene rings is 2. The van der Waals surface area contributed by atoms with Crippen LogP contribution in [0.5, 0.6) is 0 Å². The number of aromatic nitrogens is 2. The molecule has 1 aromatic heterocycles. The van der Waals surface area contributed by atoms with Gasteiger partial charge in [-0.3, -0.25) is 14.5 Å². The van der Waals surface area contributed by atoms with Crippen molar-refractivity contribution >= 4 is 29.1 Å². The molecule has 0 N–H and O–H groups in total. The molecule has 9 heteroatoms. The molecule has 0 spiro atoms. The predicted molar refractivity (Wildman–Crippen MR) is 134 cm³/mol. The second-order valence-electron chi connectivity index (χ2n) is 8.50. The van der Waals surface area contributed by atoms with E-state index in [-0.39, 0.29) is 24.5 Å². The minimum absolute atomic E-state index is 0.0472. The van der Waals surface area contributed by atoms with Crippen molar-refractivity contribution in [3.8, 4) is 6.07 Å². The van der Waals surface area contributed by atoms with E-state index >= 15 is 0 Å². The summed E-state index contributed by atoms with van der Waals surface area (Å²) >= 11 is 6.17. The fourth-order valence-electron chi connectivity index (χ4n) is 4.45. The quantitative estimate of drug-likeness (QED) is 0.506. The highest BCUT2D eigenvalue weighted by atomic mass is 35.5. The topological polar surface area (TPSA) is 85.5 Å². The summed E-state index contributed by atoms with van der Waals surface area (Å²) in [7, 11) is 0. The summed E-state index contributed by atoms with van der Waals surface area (Å²) in [6.45, 7) is 5.57. The van der Waals surface area contributed by atoms with E-state index in [1.807, 2.05) is 40.7 Å². The summed E-state index contributed by atoms with van der Waals surface area (Å²) < 4.78 is 2.02. The van der Waals surface area contributed by atoms with Crippen molar-refractivity contribution in [1.29, 1.82) is 5.26 Å². The Hall–Kier alpha value is -3.67. The zero-order chi connectivity index (χ0) is 24.9. The molecule has 1 atom stereocenters. The summed E-state index contributed by atoms with van der Waals surface area (Å²) in [5.74, 6) is -0.102. The van der Waals surface area contributed by atoms with Crippen LogP contribution in [0.2, 0.25) is 5.02 Å². The Bertz CT molecular complexity index is 1250. The van der Waals surface area contributed by atoms with E-state index in [1.54, 1.807) is 53.5 Å². The van der Waals surface area contributed by atoms with Gasteiger partial charge in [0, 0.05) is 43.5 Å². The summed E-state index contributed by atoms with van der Waals surface area (Å²) in [6, 6.07) is 16.8. The van der Waals surface area contributed by atoms with Gasteiger partial charge in [-0.2, -0.15) is 5.26 Å². The number of imidazole rings is 1. The van der Waals surface area contributed by atoms with Crippen LogP contribution in [0.15, 0.2) is 61.1 Å². The van der Waals surface area contributed by atoms with Gasteiger partial charge < -0.3 is 14.4 Å². The van der Waals surface area contributed by atoms with Crippen molar-refractivity contribution in [1.82, 2.24) is 19.4 Å². The number of amides is 2. The summed E-state index contributed by atoms with van der Waals surface area (Å²) in [5, 5.41) is 9.59. The molecule has 2 heterocycles. The van der Waals surface area contributed by atoms with Crippen LogP contribution in [0.3, 0.4) is 0 Å². The van der Waals surface area contributed by atoms with Crippen molar-refractivity contribution in [2.24, 2.45) is 0 Å². The van der Waals surface area contributed by atoms with E-state index in [0.717, 1.165) is 16.9 Å². The molecule has 0 aliphatic carbocycles. The fraction of sp³-hybridized carbons (Fsp3) is 0.308. The molecule has 180 valence electrons. The zero-order valence-electron chi connectivity index (χ0n) is 19.8. The van der Waals surface area contributed by atoms with Crippen LogP contribution in [0.25, 0.3) is 0 Å². The Morgan fingerprint density at radius 3 is 2.66 bits per heavy atom. The minimum Gasteiger partial charge on any atom is -0.329 e. The Balaban J connectivity index is 1.58. The highest BCUT2D eigenvalue weighted by Crippen LogP contribution is 2.26.